The van der Waals surface area contributed by atoms with Crippen molar-refractivity contribution in [3.05, 3.63) is 68.7 Å². The summed E-state index contributed by atoms with van der Waals surface area (Å²) < 4.78 is 2.25. The minimum atomic E-state index is -0.160. The van der Waals surface area contributed by atoms with Gasteiger partial charge in [-0.05, 0) is 42.2 Å². The Labute approximate surface area is 159 Å². The van der Waals surface area contributed by atoms with Gasteiger partial charge in [0.25, 0.3) is 5.56 Å². The minimum Gasteiger partial charge on any atom is -0.267 e. The maximum absolute atomic E-state index is 12.9. The van der Waals surface area contributed by atoms with E-state index in [2.05, 4.69) is 26.0 Å². The highest BCUT2D eigenvalue weighted by molar-refractivity contribution is 9.10. The van der Waals surface area contributed by atoms with Crippen LogP contribution in [0.25, 0.3) is 10.9 Å². The van der Waals surface area contributed by atoms with Crippen molar-refractivity contribution in [3.63, 3.8) is 0 Å². The van der Waals surface area contributed by atoms with Crippen LogP contribution < -0.4 is 5.56 Å². The average Bonchev–Trinajstić information content (AvgIpc) is 2.61. The molecule has 25 heavy (non-hydrogen) atoms. The summed E-state index contributed by atoms with van der Waals surface area (Å²) in [4.78, 5) is 18.7. The molecule has 0 saturated heterocycles. The van der Waals surface area contributed by atoms with Crippen LogP contribution in [0.4, 0.5) is 0 Å². The van der Waals surface area contributed by atoms with Gasteiger partial charge in [-0.1, -0.05) is 41.9 Å². The van der Waals surface area contributed by atoms with Crippen LogP contribution in [0.15, 0.2) is 61.7 Å². The number of thioether (sulfide) groups is 1. The number of aromatic nitrogens is 2. The molecule has 1 heterocycles. The summed E-state index contributed by atoms with van der Waals surface area (Å²) in [5, 5.41) is 4.98. The first kappa shape index (κ1) is 17.9. The smallest absolute Gasteiger partial charge is 0.267 e. The molecule has 2 aromatic carbocycles. The van der Waals surface area contributed by atoms with E-state index in [4.69, 9.17) is 0 Å². The molecule has 0 unspecified atom stereocenters. The normalized spacial score (nSPS) is 11.7. The lowest BCUT2D eigenvalue weighted by Gasteiger charge is -2.11. The highest BCUT2D eigenvalue weighted by Crippen LogP contribution is 2.19. The molecule has 4 nitrogen and oxygen atoms in total. The van der Waals surface area contributed by atoms with Crippen molar-refractivity contribution in [1.82, 2.24) is 9.66 Å². The van der Waals surface area contributed by atoms with E-state index in [-0.39, 0.29) is 11.5 Å². The zero-order valence-electron chi connectivity index (χ0n) is 14.2. The second-order valence-corrected chi connectivity index (χ2v) is 7.72. The van der Waals surface area contributed by atoms with Crippen LogP contribution in [-0.2, 0) is 0 Å². The number of halogens is 1. The Kier molecular flexibility index (Phi) is 5.39. The molecule has 3 aromatic rings. The van der Waals surface area contributed by atoms with Gasteiger partial charge in [0, 0.05) is 15.3 Å². The fraction of sp³-hybridized carbons (Fsp3) is 0.211. The molecule has 0 radical (unpaired) electrons. The van der Waals surface area contributed by atoms with Crippen molar-refractivity contribution in [1.29, 1.82) is 0 Å². The third-order valence-electron chi connectivity index (χ3n) is 3.79. The van der Waals surface area contributed by atoms with Gasteiger partial charge in [-0.15, -0.1) is 11.8 Å². The first-order valence-electron chi connectivity index (χ1n) is 7.90. The fourth-order valence-corrected chi connectivity index (χ4v) is 3.23. The molecule has 0 saturated carbocycles. The van der Waals surface area contributed by atoms with Crippen LogP contribution in [0.2, 0.25) is 0 Å². The SMILES string of the molecule is CSc1ccc(C=Nn2c(C(C)C)nc3ccc(Br)cc3c2=O)cc1. The van der Waals surface area contributed by atoms with Gasteiger partial charge < -0.3 is 0 Å². The minimum absolute atomic E-state index is 0.0803. The summed E-state index contributed by atoms with van der Waals surface area (Å²) in [6.07, 6.45) is 3.74. The van der Waals surface area contributed by atoms with E-state index in [1.165, 1.54) is 9.57 Å². The lowest BCUT2D eigenvalue weighted by molar-refractivity contribution is 0.665. The van der Waals surface area contributed by atoms with Crippen LogP contribution in [-0.4, -0.2) is 22.1 Å². The van der Waals surface area contributed by atoms with E-state index in [1.807, 2.05) is 56.5 Å². The van der Waals surface area contributed by atoms with E-state index in [0.29, 0.717) is 16.7 Å². The van der Waals surface area contributed by atoms with E-state index >= 15 is 0 Å². The third kappa shape index (κ3) is 3.85. The molecule has 0 spiro atoms. The zero-order valence-corrected chi connectivity index (χ0v) is 16.6. The summed E-state index contributed by atoms with van der Waals surface area (Å²) >= 11 is 5.10. The topological polar surface area (TPSA) is 47.2 Å². The van der Waals surface area contributed by atoms with Crippen molar-refractivity contribution >= 4 is 44.8 Å². The quantitative estimate of drug-likeness (QED) is 0.450. The predicted molar refractivity (Wildman–Crippen MR) is 109 cm³/mol. The molecular formula is C19H18BrN3OS. The predicted octanol–water partition coefficient (Wildman–Crippen LogP) is 4.89. The molecule has 0 amide bonds. The molecule has 0 atom stereocenters. The monoisotopic (exact) mass is 415 g/mol. The maximum atomic E-state index is 12.9. The van der Waals surface area contributed by atoms with Gasteiger partial charge in [-0.3, -0.25) is 4.79 Å². The molecule has 128 valence electrons. The fourth-order valence-electron chi connectivity index (χ4n) is 2.47. The number of nitrogens with zero attached hydrogens (tertiary/aromatic N) is 3. The number of hydrogen-bond donors (Lipinski definition) is 0. The highest BCUT2D eigenvalue weighted by Gasteiger charge is 2.13. The molecular weight excluding hydrogens is 398 g/mol. The summed E-state index contributed by atoms with van der Waals surface area (Å²) in [6.45, 7) is 4.01. The molecule has 6 heteroatoms. The number of benzene rings is 2. The summed E-state index contributed by atoms with van der Waals surface area (Å²) in [5.74, 6) is 0.730. The van der Waals surface area contributed by atoms with Crippen LogP contribution in [0, 0.1) is 0 Å². The number of rotatable bonds is 4. The Morgan fingerprint density at radius 2 is 1.92 bits per heavy atom. The van der Waals surface area contributed by atoms with Crippen LogP contribution >= 0.6 is 27.7 Å². The van der Waals surface area contributed by atoms with Crippen molar-refractivity contribution in [3.8, 4) is 0 Å². The van der Waals surface area contributed by atoms with Gasteiger partial charge in [0.15, 0.2) is 0 Å². The van der Waals surface area contributed by atoms with Crippen molar-refractivity contribution in [2.45, 2.75) is 24.7 Å². The third-order valence-corrected chi connectivity index (χ3v) is 5.02. The molecule has 0 bridgehead atoms. The standard InChI is InChI=1S/C19H18BrN3OS/c1-12(2)18-22-17-9-6-14(20)10-16(17)19(24)23(18)21-11-13-4-7-15(25-3)8-5-13/h4-12H,1-3H3. The Balaban J connectivity index is 2.12. The second-order valence-electron chi connectivity index (χ2n) is 5.92. The molecule has 0 aliphatic rings. The Hall–Kier alpha value is -1.92. The lowest BCUT2D eigenvalue weighted by Crippen LogP contribution is -2.23. The van der Waals surface area contributed by atoms with Gasteiger partial charge in [0.1, 0.15) is 5.82 Å². The molecule has 1 aromatic heterocycles. The van der Waals surface area contributed by atoms with E-state index in [0.717, 1.165) is 10.0 Å². The lowest BCUT2D eigenvalue weighted by atomic mass is 10.2. The Morgan fingerprint density at radius 3 is 2.56 bits per heavy atom. The molecule has 0 aliphatic heterocycles. The van der Waals surface area contributed by atoms with Gasteiger partial charge >= 0.3 is 0 Å². The number of fused-ring (bicyclic) bond motifs is 1. The van der Waals surface area contributed by atoms with Crippen molar-refractivity contribution < 1.29 is 0 Å². The van der Waals surface area contributed by atoms with Crippen molar-refractivity contribution in [2.24, 2.45) is 5.10 Å². The summed E-state index contributed by atoms with van der Waals surface area (Å²) in [7, 11) is 0. The van der Waals surface area contributed by atoms with E-state index < -0.39 is 0 Å². The Bertz CT molecular complexity index is 994. The van der Waals surface area contributed by atoms with Gasteiger partial charge in [0.05, 0.1) is 17.1 Å². The molecule has 3 rings (SSSR count). The largest absolute Gasteiger partial charge is 0.282 e. The van der Waals surface area contributed by atoms with Crippen LogP contribution in [0.3, 0.4) is 0 Å². The summed E-state index contributed by atoms with van der Waals surface area (Å²) in [6, 6.07) is 13.6. The van der Waals surface area contributed by atoms with Gasteiger partial charge in [-0.25, -0.2) is 4.98 Å². The second kappa shape index (κ2) is 7.54. The van der Waals surface area contributed by atoms with E-state index in [9.17, 15) is 4.79 Å². The first-order valence-corrected chi connectivity index (χ1v) is 9.92. The van der Waals surface area contributed by atoms with Crippen molar-refractivity contribution in [2.75, 3.05) is 6.26 Å². The maximum Gasteiger partial charge on any atom is 0.282 e. The zero-order chi connectivity index (χ0) is 18.0. The summed E-state index contributed by atoms with van der Waals surface area (Å²) in [5.41, 5.74) is 1.47. The molecule has 0 N–H and O–H groups in total. The molecule has 0 aliphatic carbocycles. The molecule has 0 fully saturated rings. The van der Waals surface area contributed by atoms with Gasteiger partial charge in [-0.2, -0.15) is 9.78 Å². The number of hydrogen-bond acceptors (Lipinski definition) is 4. The van der Waals surface area contributed by atoms with E-state index in [1.54, 1.807) is 24.0 Å². The Morgan fingerprint density at radius 1 is 1.20 bits per heavy atom. The van der Waals surface area contributed by atoms with Crippen LogP contribution in [0.5, 0.6) is 0 Å². The van der Waals surface area contributed by atoms with Crippen LogP contribution in [0.1, 0.15) is 31.2 Å². The average molecular weight is 416 g/mol. The van der Waals surface area contributed by atoms with Gasteiger partial charge in [0.2, 0.25) is 0 Å². The first-order chi connectivity index (χ1) is 12.0. The highest BCUT2D eigenvalue weighted by atomic mass is 79.9.